The Bertz CT molecular complexity index is 903. The van der Waals surface area contributed by atoms with Crippen molar-refractivity contribution in [3.63, 3.8) is 0 Å². The molecule has 154 valence electrons. The third-order valence-electron chi connectivity index (χ3n) is 4.21. The van der Waals surface area contributed by atoms with E-state index >= 15 is 0 Å². The van der Waals surface area contributed by atoms with Gasteiger partial charge < -0.3 is 25.2 Å². The molecule has 0 amide bonds. The number of ether oxygens (including phenoxy) is 1. The van der Waals surface area contributed by atoms with E-state index in [1.165, 1.54) is 28.9 Å². The molecule has 2 heterocycles. The van der Waals surface area contributed by atoms with Crippen LogP contribution in [0.3, 0.4) is 0 Å². The van der Waals surface area contributed by atoms with Gasteiger partial charge in [0.15, 0.2) is 0 Å². The van der Waals surface area contributed by atoms with Gasteiger partial charge in [-0.3, -0.25) is 0 Å². The lowest BCUT2D eigenvalue weighted by atomic mass is 10.0. The van der Waals surface area contributed by atoms with E-state index in [1.54, 1.807) is 6.20 Å². The lowest BCUT2D eigenvalue weighted by Crippen LogP contribution is -2.57. The lowest BCUT2D eigenvalue weighted by Gasteiger charge is -2.39. The summed E-state index contributed by atoms with van der Waals surface area (Å²) in [6.07, 6.45) is -3.52. The number of hydrogen-bond acceptors (Lipinski definition) is 10. The van der Waals surface area contributed by atoms with Crippen molar-refractivity contribution in [2.24, 2.45) is 5.14 Å². The number of hydrogen-bond donors (Lipinski definition) is 5. The van der Waals surface area contributed by atoms with E-state index in [-0.39, 0.29) is 10.6 Å². The van der Waals surface area contributed by atoms with Crippen molar-refractivity contribution in [2.75, 3.05) is 6.61 Å². The second kappa shape index (κ2) is 8.42. The molecule has 11 nitrogen and oxygen atoms in total. The maximum Gasteiger partial charge on any atom is 0.238 e. The third-order valence-corrected chi connectivity index (χ3v) is 6.32. The number of benzene rings is 1. The van der Waals surface area contributed by atoms with Crippen molar-refractivity contribution in [1.82, 2.24) is 15.0 Å². The molecular formula is C15H20N4O7S2. The van der Waals surface area contributed by atoms with E-state index in [1.807, 2.05) is 0 Å². The summed E-state index contributed by atoms with van der Waals surface area (Å²) in [6.45, 7) is -0.493. The molecular weight excluding hydrogens is 412 g/mol. The number of nitrogens with zero attached hydrogens (tertiary/aromatic N) is 3. The van der Waals surface area contributed by atoms with Gasteiger partial charge in [-0.05, 0) is 24.3 Å². The Labute approximate surface area is 164 Å². The van der Waals surface area contributed by atoms with Gasteiger partial charge in [0.1, 0.15) is 29.9 Å². The van der Waals surface area contributed by atoms with E-state index in [2.05, 4.69) is 10.3 Å². The van der Waals surface area contributed by atoms with Crippen LogP contribution in [0.1, 0.15) is 5.69 Å². The van der Waals surface area contributed by atoms with Crippen molar-refractivity contribution >= 4 is 21.8 Å². The molecule has 0 aliphatic carbocycles. The second-order valence-electron chi connectivity index (χ2n) is 6.20. The largest absolute Gasteiger partial charge is 0.394 e. The Balaban J connectivity index is 1.65. The fourth-order valence-electron chi connectivity index (χ4n) is 2.65. The molecule has 1 aromatic heterocycles. The van der Waals surface area contributed by atoms with Gasteiger partial charge in [-0.25, -0.2) is 18.2 Å². The standard InChI is InChI=1S/C15H20N4O7S2/c16-28(24,25)10-3-1-9(2-4-10)19-5-8(17-18-19)7-27-15-14(23)13(22)12(21)11(6-20)26-15/h1-5,11-15,20-23H,6-7H2,(H2,16,24,25)/t11-,12+,13+,14-,15+/m1/s1. The third kappa shape index (κ3) is 4.52. The number of thioether (sulfide) groups is 1. The summed E-state index contributed by atoms with van der Waals surface area (Å²) in [6, 6.07) is 5.77. The summed E-state index contributed by atoms with van der Waals surface area (Å²) in [4.78, 5) is -0.0187. The molecule has 5 atom stereocenters. The molecule has 1 fully saturated rings. The summed E-state index contributed by atoms with van der Waals surface area (Å²) in [5.41, 5.74) is 0.246. The maximum absolute atomic E-state index is 11.3. The molecule has 3 rings (SSSR count). The summed E-state index contributed by atoms with van der Waals surface area (Å²) >= 11 is 1.13. The molecule has 2 aromatic rings. The molecule has 28 heavy (non-hydrogen) atoms. The molecule has 0 radical (unpaired) electrons. The van der Waals surface area contributed by atoms with Gasteiger partial charge in [-0.15, -0.1) is 16.9 Å². The first-order valence-electron chi connectivity index (χ1n) is 8.17. The smallest absolute Gasteiger partial charge is 0.238 e. The number of sulfonamides is 1. The zero-order valence-electron chi connectivity index (χ0n) is 14.4. The molecule has 0 saturated carbocycles. The van der Waals surface area contributed by atoms with Crippen molar-refractivity contribution in [3.05, 3.63) is 36.2 Å². The number of aliphatic hydroxyl groups is 4. The number of primary sulfonamides is 1. The zero-order valence-corrected chi connectivity index (χ0v) is 16.1. The molecule has 13 heteroatoms. The van der Waals surface area contributed by atoms with Crippen LogP contribution >= 0.6 is 11.8 Å². The highest BCUT2D eigenvalue weighted by molar-refractivity contribution is 7.99. The molecule has 1 saturated heterocycles. The van der Waals surface area contributed by atoms with Gasteiger partial charge in [0, 0.05) is 5.75 Å². The van der Waals surface area contributed by atoms with Crippen LogP contribution in [-0.2, 0) is 20.5 Å². The molecule has 1 aliphatic rings. The van der Waals surface area contributed by atoms with Crippen molar-refractivity contribution in [1.29, 1.82) is 0 Å². The highest BCUT2D eigenvalue weighted by atomic mass is 32.2. The van der Waals surface area contributed by atoms with Crippen LogP contribution in [0.5, 0.6) is 0 Å². The minimum atomic E-state index is -3.78. The van der Waals surface area contributed by atoms with Crippen molar-refractivity contribution < 1.29 is 33.6 Å². The zero-order chi connectivity index (χ0) is 20.5. The molecule has 1 aromatic carbocycles. The van der Waals surface area contributed by atoms with Gasteiger partial charge in [0.25, 0.3) is 0 Å². The van der Waals surface area contributed by atoms with E-state index in [9.17, 15) is 28.8 Å². The SMILES string of the molecule is NS(=O)(=O)c1ccc(-n2cc(CS[C@@H]3O[C@H](CO)[C@H](O)[C@H](O)[C@H]3O)nn2)cc1. The van der Waals surface area contributed by atoms with E-state index in [4.69, 9.17) is 9.88 Å². The second-order valence-corrected chi connectivity index (χ2v) is 8.85. The molecule has 0 unspecified atom stereocenters. The number of aliphatic hydroxyl groups excluding tert-OH is 4. The number of aromatic nitrogens is 3. The van der Waals surface area contributed by atoms with Crippen LogP contribution < -0.4 is 5.14 Å². The first kappa shape index (κ1) is 21.1. The summed E-state index contributed by atoms with van der Waals surface area (Å²) in [7, 11) is -3.78. The summed E-state index contributed by atoms with van der Waals surface area (Å²) in [5.74, 6) is 0.276. The molecule has 6 N–H and O–H groups in total. The number of rotatable bonds is 6. The fourth-order valence-corrected chi connectivity index (χ4v) is 4.21. The Hall–Kier alpha value is -1.58. The Morgan fingerprint density at radius 3 is 2.43 bits per heavy atom. The average Bonchev–Trinajstić information content (AvgIpc) is 3.14. The number of nitrogens with two attached hydrogens (primary N) is 1. The predicted octanol–water partition coefficient (Wildman–Crippen LogP) is -2.05. The Kier molecular flexibility index (Phi) is 6.36. The topological polar surface area (TPSA) is 181 Å². The van der Waals surface area contributed by atoms with E-state index in [0.29, 0.717) is 11.4 Å². The minimum absolute atomic E-state index is 0.0187. The van der Waals surface area contributed by atoms with Crippen LogP contribution in [0.2, 0.25) is 0 Å². The van der Waals surface area contributed by atoms with Gasteiger partial charge in [0.05, 0.1) is 29.1 Å². The quantitative estimate of drug-likeness (QED) is 0.341. The maximum atomic E-state index is 11.3. The van der Waals surface area contributed by atoms with Gasteiger partial charge in [-0.1, -0.05) is 5.21 Å². The Morgan fingerprint density at radius 2 is 1.82 bits per heavy atom. The van der Waals surface area contributed by atoms with E-state index in [0.717, 1.165) is 11.8 Å². The fraction of sp³-hybridized carbons (Fsp3) is 0.467. The predicted molar refractivity (Wildman–Crippen MR) is 97.8 cm³/mol. The van der Waals surface area contributed by atoms with Crippen molar-refractivity contribution in [3.8, 4) is 5.69 Å². The average molecular weight is 432 g/mol. The molecule has 1 aliphatic heterocycles. The van der Waals surface area contributed by atoms with Gasteiger partial charge >= 0.3 is 0 Å². The molecule has 0 bridgehead atoms. The monoisotopic (exact) mass is 432 g/mol. The lowest BCUT2D eigenvalue weighted by molar-refractivity contribution is -0.205. The van der Waals surface area contributed by atoms with Crippen molar-refractivity contribution in [2.45, 2.75) is 40.5 Å². The first-order chi connectivity index (χ1) is 13.2. The van der Waals surface area contributed by atoms with Crippen LogP contribution in [-0.4, -0.2) is 80.3 Å². The highest BCUT2D eigenvalue weighted by Gasteiger charge is 2.43. The van der Waals surface area contributed by atoms with Crippen LogP contribution in [0, 0.1) is 0 Å². The van der Waals surface area contributed by atoms with Crippen LogP contribution in [0.15, 0.2) is 35.4 Å². The van der Waals surface area contributed by atoms with Gasteiger partial charge in [0.2, 0.25) is 10.0 Å². The normalized spacial score (nSPS) is 28.4. The van der Waals surface area contributed by atoms with Crippen LogP contribution in [0.4, 0.5) is 0 Å². The Morgan fingerprint density at radius 1 is 1.14 bits per heavy atom. The van der Waals surface area contributed by atoms with Gasteiger partial charge in [-0.2, -0.15) is 0 Å². The highest BCUT2D eigenvalue weighted by Crippen LogP contribution is 2.30. The minimum Gasteiger partial charge on any atom is -0.394 e. The summed E-state index contributed by atoms with van der Waals surface area (Å²) < 4.78 is 29.4. The van der Waals surface area contributed by atoms with Crippen LogP contribution in [0.25, 0.3) is 5.69 Å². The molecule has 0 spiro atoms. The first-order valence-corrected chi connectivity index (χ1v) is 10.8. The van der Waals surface area contributed by atoms with E-state index < -0.39 is 46.5 Å². The summed E-state index contributed by atoms with van der Waals surface area (Å²) in [5, 5.41) is 51.9.